The zero-order valence-electron chi connectivity index (χ0n) is 9.38. The first-order chi connectivity index (χ1) is 8.77. The van der Waals surface area contributed by atoms with Crippen molar-refractivity contribution in [1.29, 1.82) is 0 Å². The van der Waals surface area contributed by atoms with Crippen molar-refractivity contribution in [2.24, 2.45) is 0 Å². The SMILES string of the molecule is O=C(Br)n1nc(-c2ccccc2)c2ccccc21. The Hall–Kier alpha value is -1.94. The first kappa shape index (κ1) is 11.2. The number of fused-ring (bicyclic) bond motifs is 1. The van der Waals surface area contributed by atoms with Crippen LogP contribution in [0.1, 0.15) is 0 Å². The number of rotatable bonds is 1. The van der Waals surface area contributed by atoms with Crippen molar-refractivity contribution in [3.63, 3.8) is 0 Å². The molecule has 0 aliphatic carbocycles. The first-order valence-electron chi connectivity index (χ1n) is 5.50. The van der Waals surface area contributed by atoms with Gasteiger partial charge in [0.1, 0.15) is 5.69 Å². The molecule has 0 saturated carbocycles. The summed E-state index contributed by atoms with van der Waals surface area (Å²) in [6, 6.07) is 17.5. The number of carbonyl (C=O) groups is 1. The van der Waals surface area contributed by atoms with Gasteiger partial charge in [-0.2, -0.15) is 9.78 Å². The van der Waals surface area contributed by atoms with Gasteiger partial charge in [-0.05, 0) is 6.07 Å². The quantitative estimate of drug-likeness (QED) is 0.635. The van der Waals surface area contributed by atoms with Crippen molar-refractivity contribution >= 4 is 31.6 Å². The number of carbonyl (C=O) groups excluding carboxylic acids is 1. The van der Waals surface area contributed by atoms with E-state index in [1.165, 1.54) is 4.68 Å². The van der Waals surface area contributed by atoms with Crippen LogP contribution in [0.15, 0.2) is 54.6 Å². The maximum Gasteiger partial charge on any atom is 0.314 e. The van der Waals surface area contributed by atoms with Crippen LogP contribution in [-0.2, 0) is 0 Å². The molecule has 4 heteroatoms. The Kier molecular flexibility index (Phi) is 2.72. The van der Waals surface area contributed by atoms with Gasteiger partial charge in [-0.25, -0.2) is 0 Å². The summed E-state index contributed by atoms with van der Waals surface area (Å²) in [6.45, 7) is 0. The summed E-state index contributed by atoms with van der Waals surface area (Å²) in [7, 11) is 0. The fourth-order valence-electron chi connectivity index (χ4n) is 2.01. The summed E-state index contributed by atoms with van der Waals surface area (Å²) >= 11 is 2.95. The molecule has 0 radical (unpaired) electrons. The van der Waals surface area contributed by atoms with E-state index in [0.717, 1.165) is 22.2 Å². The third-order valence-electron chi connectivity index (χ3n) is 2.80. The van der Waals surface area contributed by atoms with Crippen LogP contribution in [0.4, 0.5) is 4.79 Å². The van der Waals surface area contributed by atoms with Crippen LogP contribution in [0.25, 0.3) is 22.2 Å². The molecule has 0 aliphatic heterocycles. The second-order valence-corrected chi connectivity index (χ2v) is 4.57. The molecule has 3 nitrogen and oxygen atoms in total. The monoisotopic (exact) mass is 300 g/mol. The fourth-order valence-corrected chi connectivity index (χ4v) is 2.28. The lowest BCUT2D eigenvalue weighted by Crippen LogP contribution is -2.02. The number of hydrogen-bond acceptors (Lipinski definition) is 2. The van der Waals surface area contributed by atoms with E-state index >= 15 is 0 Å². The van der Waals surface area contributed by atoms with E-state index in [1.807, 2.05) is 54.6 Å². The maximum absolute atomic E-state index is 11.5. The Balaban J connectivity index is 2.34. The molecule has 0 fully saturated rings. The zero-order chi connectivity index (χ0) is 12.5. The van der Waals surface area contributed by atoms with Crippen LogP contribution in [-0.4, -0.2) is 14.6 Å². The summed E-state index contributed by atoms with van der Waals surface area (Å²) in [5, 5.41) is 5.35. The van der Waals surface area contributed by atoms with E-state index in [9.17, 15) is 4.79 Å². The van der Waals surface area contributed by atoms with E-state index in [1.54, 1.807) is 0 Å². The summed E-state index contributed by atoms with van der Waals surface area (Å²) in [5.74, 6) is 0. The molecule has 0 amide bonds. The Morgan fingerprint density at radius 2 is 1.67 bits per heavy atom. The van der Waals surface area contributed by atoms with Gasteiger partial charge in [-0.3, -0.25) is 4.79 Å². The molecular weight excluding hydrogens is 292 g/mol. The van der Waals surface area contributed by atoms with E-state index in [4.69, 9.17) is 0 Å². The number of aromatic nitrogens is 2. The van der Waals surface area contributed by atoms with Gasteiger partial charge in [-0.1, -0.05) is 48.5 Å². The largest absolute Gasteiger partial charge is 0.314 e. The Bertz CT molecular complexity index is 719. The van der Waals surface area contributed by atoms with Crippen molar-refractivity contribution in [3.8, 4) is 11.3 Å². The van der Waals surface area contributed by atoms with Gasteiger partial charge >= 0.3 is 4.82 Å². The van der Waals surface area contributed by atoms with Crippen LogP contribution in [0.3, 0.4) is 0 Å². The highest BCUT2D eigenvalue weighted by atomic mass is 79.9. The van der Waals surface area contributed by atoms with E-state index < -0.39 is 0 Å². The average molecular weight is 301 g/mol. The van der Waals surface area contributed by atoms with Gasteiger partial charge in [0.15, 0.2) is 0 Å². The van der Waals surface area contributed by atoms with Crippen molar-refractivity contribution < 1.29 is 4.79 Å². The van der Waals surface area contributed by atoms with Gasteiger partial charge in [0.2, 0.25) is 0 Å². The number of para-hydroxylation sites is 1. The fraction of sp³-hybridized carbons (Fsp3) is 0. The number of benzene rings is 2. The zero-order valence-corrected chi connectivity index (χ0v) is 11.0. The molecule has 1 aromatic heterocycles. The van der Waals surface area contributed by atoms with Crippen molar-refractivity contribution in [3.05, 3.63) is 54.6 Å². The van der Waals surface area contributed by atoms with Crippen LogP contribution < -0.4 is 0 Å². The lowest BCUT2D eigenvalue weighted by Gasteiger charge is -1.95. The van der Waals surface area contributed by atoms with Crippen LogP contribution in [0, 0.1) is 0 Å². The molecule has 0 bridgehead atoms. The Morgan fingerprint density at radius 3 is 2.39 bits per heavy atom. The number of nitrogens with zero attached hydrogens (tertiary/aromatic N) is 2. The van der Waals surface area contributed by atoms with Crippen LogP contribution in [0.5, 0.6) is 0 Å². The van der Waals surface area contributed by atoms with Crippen molar-refractivity contribution in [2.75, 3.05) is 0 Å². The topological polar surface area (TPSA) is 34.9 Å². The summed E-state index contributed by atoms with van der Waals surface area (Å²) < 4.78 is 1.37. The lowest BCUT2D eigenvalue weighted by molar-refractivity contribution is 0.261. The highest BCUT2D eigenvalue weighted by molar-refractivity contribution is 9.18. The molecular formula is C14H9BrN2O. The summed E-state index contributed by atoms with van der Waals surface area (Å²) in [5.41, 5.74) is 2.62. The highest BCUT2D eigenvalue weighted by Gasteiger charge is 2.14. The van der Waals surface area contributed by atoms with Crippen LogP contribution >= 0.6 is 15.9 Å². The lowest BCUT2D eigenvalue weighted by atomic mass is 10.1. The summed E-state index contributed by atoms with van der Waals surface area (Å²) in [4.78, 5) is 11.3. The molecule has 0 atom stereocenters. The van der Waals surface area contributed by atoms with Gasteiger partial charge in [0.05, 0.1) is 5.52 Å². The van der Waals surface area contributed by atoms with Crippen LogP contribution in [0.2, 0.25) is 0 Å². The predicted octanol–water partition coefficient (Wildman–Crippen LogP) is 4.07. The van der Waals surface area contributed by atoms with Gasteiger partial charge in [0, 0.05) is 26.9 Å². The normalized spacial score (nSPS) is 10.7. The molecule has 1 heterocycles. The average Bonchev–Trinajstić information content (AvgIpc) is 2.79. The minimum absolute atomic E-state index is 0.263. The second kappa shape index (κ2) is 4.38. The molecule has 3 rings (SSSR count). The molecule has 0 saturated heterocycles. The third kappa shape index (κ3) is 1.75. The Morgan fingerprint density at radius 1 is 1.00 bits per heavy atom. The second-order valence-electron chi connectivity index (χ2n) is 3.90. The molecule has 18 heavy (non-hydrogen) atoms. The smallest absolute Gasteiger partial charge is 0.259 e. The van der Waals surface area contributed by atoms with E-state index in [-0.39, 0.29) is 4.82 Å². The highest BCUT2D eigenvalue weighted by Crippen LogP contribution is 2.27. The molecule has 0 spiro atoms. The van der Waals surface area contributed by atoms with Gasteiger partial charge in [-0.15, -0.1) is 0 Å². The molecule has 0 N–H and O–H groups in total. The van der Waals surface area contributed by atoms with E-state index in [0.29, 0.717) is 0 Å². The van der Waals surface area contributed by atoms with E-state index in [2.05, 4.69) is 21.0 Å². The molecule has 2 aromatic carbocycles. The number of halogens is 1. The van der Waals surface area contributed by atoms with Gasteiger partial charge in [0.25, 0.3) is 0 Å². The molecule has 88 valence electrons. The van der Waals surface area contributed by atoms with Gasteiger partial charge < -0.3 is 0 Å². The minimum atomic E-state index is -0.263. The maximum atomic E-state index is 11.5. The molecule has 0 aliphatic rings. The molecule has 0 unspecified atom stereocenters. The third-order valence-corrected chi connectivity index (χ3v) is 3.14. The molecule has 3 aromatic rings. The minimum Gasteiger partial charge on any atom is -0.259 e. The van der Waals surface area contributed by atoms with Crippen molar-refractivity contribution in [2.45, 2.75) is 0 Å². The Labute approximate surface area is 112 Å². The first-order valence-corrected chi connectivity index (χ1v) is 6.29. The number of hydrogen-bond donors (Lipinski definition) is 0. The predicted molar refractivity (Wildman–Crippen MR) is 74.9 cm³/mol. The standard InChI is InChI=1S/C14H9BrN2O/c15-14(18)17-12-9-5-4-8-11(12)13(16-17)10-6-2-1-3-7-10/h1-9H. The summed E-state index contributed by atoms with van der Waals surface area (Å²) in [6.07, 6.45) is 0. The van der Waals surface area contributed by atoms with Crippen molar-refractivity contribution in [1.82, 2.24) is 9.78 Å².